The van der Waals surface area contributed by atoms with Crippen LogP contribution in [-0.4, -0.2) is 5.54 Å². The Kier molecular flexibility index (Phi) is 3.44. The van der Waals surface area contributed by atoms with E-state index >= 15 is 0 Å². The average Bonchev–Trinajstić information content (AvgIpc) is 2.07. The number of nitrogens with two attached hydrogens (primary N) is 1. The minimum Gasteiger partial charge on any atom is -0.316 e. The number of hydrogen-bond donors (Lipinski definition) is 1. The number of benzene rings is 1. The zero-order chi connectivity index (χ0) is 11.6. The highest BCUT2D eigenvalue weighted by Gasteiger charge is 2.05. The Labute approximate surface area is 96.6 Å². The van der Waals surface area contributed by atoms with Gasteiger partial charge in [-0.3, -0.25) is 0 Å². The lowest BCUT2D eigenvalue weighted by Crippen LogP contribution is -2.29. The first-order valence-corrected chi connectivity index (χ1v) is 5.26. The quantitative estimate of drug-likeness (QED) is 0.670. The zero-order valence-electron chi connectivity index (χ0n) is 9.61. The van der Waals surface area contributed by atoms with Gasteiger partial charge in [0.25, 0.3) is 0 Å². The van der Waals surface area contributed by atoms with Gasteiger partial charge in [-0.25, -0.2) is 0 Å². The van der Waals surface area contributed by atoms with E-state index in [1.54, 1.807) is 0 Å². The highest BCUT2D eigenvalue weighted by Crippen LogP contribution is 2.20. The summed E-state index contributed by atoms with van der Waals surface area (Å²) in [5, 5.41) is 0.690. The number of halogens is 1. The summed E-state index contributed by atoms with van der Waals surface area (Å²) in [4.78, 5) is 0. The minimum atomic E-state index is -0.484. The van der Waals surface area contributed by atoms with Gasteiger partial charge in [0.15, 0.2) is 0 Å². The third-order valence-corrected chi connectivity index (χ3v) is 2.42. The Morgan fingerprint density at radius 1 is 1.20 bits per heavy atom. The van der Waals surface area contributed by atoms with Crippen molar-refractivity contribution in [3.05, 3.63) is 33.8 Å². The van der Waals surface area contributed by atoms with Crippen molar-refractivity contribution >= 4 is 11.6 Å². The van der Waals surface area contributed by atoms with Crippen LogP contribution in [0, 0.1) is 25.7 Å². The van der Waals surface area contributed by atoms with E-state index in [0.29, 0.717) is 5.02 Å². The first-order valence-electron chi connectivity index (χ1n) is 4.88. The number of rotatable bonds is 0. The molecule has 0 aliphatic rings. The molecule has 80 valence electrons. The molecule has 15 heavy (non-hydrogen) atoms. The summed E-state index contributed by atoms with van der Waals surface area (Å²) < 4.78 is 0. The Morgan fingerprint density at radius 3 is 2.27 bits per heavy atom. The fourth-order valence-corrected chi connectivity index (χ4v) is 1.37. The summed E-state index contributed by atoms with van der Waals surface area (Å²) in [6.07, 6.45) is 0. The second-order valence-corrected chi connectivity index (χ2v) is 4.80. The monoisotopic (exact) mass is 221 g/mol. The molecule has 0 aliphatic heterocycles. The lowest BCUT2D eigenvalue weighted by atomic mass is 10.0. The fourth-order valence-electron chi connectivity index (χ4n) is 1.11. The first kappa shape index (κ1) is 12.1. The summed E-state index contributed by atoms with van der Waals surface area (Å²) in [5.41, 5.74) is 8.52. The van der Waals surface area contributed by atoms with Gasteiger partial charge in [-0.15, -0.1) is 0 Å². The maximum atomic E-state index is 6.09. The molecule has 0 radical (unpaired) electrons. The second-order valence-electron chi connectivity index (χ2n) is 4.39. The molecule has 0 saturated carbocycles. The van der Waals surface area contributed by atoms with Crippen LogP contribution in [0.5, 0.6) is 0 Å². The van der Waals surface area contributed by atoms with E-state index < -0.39 is 5.54 Å². The molecule has 2 heteroatoms. The van der Waals surface area contributed by atoms with Crippen LogP contribution in [0.2, 0.25) is 5.02 Å². The standard InChI is InChI=1S/C13H16ClN/c1-9-7-11(5-6-13(3,4)15)12(14)8-10(9)2/h7-8H,15H2,1-4H3. The molecular formula is C13H16ClN. The number of hydrogen-bond acceptors (Lipinski definition) is 1. The molecule has 1 aromatic rings. The van der Waals surface area contributed by atoms with Crippen molar-refractivity contribution in [2.24, 2.45) is 5.73 Å². The highest BCUT2D eigenvalue weighted by molar-refractivity contribution is 6.31. The van der Waals surface area contributed by atoms with Gasteiger partial charge < -0.3 is 5.73 Å². The van der Waals surface area contributed by atoms with Crippen molar-refractivity contribution in [3.8, 4) is 11.8 Å². The molecule has 0 aromatic heterocycles. The number of aryl methyl sites for hydroxylation is 2. The van der Waals surface area contributed by atoms with E-state index in [9.17, 15) is 0 Å². The largest absolute Gasteiger partial charge is 0.316 e. The van der Waals surface area contributed by atoms with Crippen molar-refractivity contribution in [1.82, 2.24) is 0 Å². The van der Waals surface area contributed by atoms with Crippen LogP contribution < -0.4 is 5.73 Å². The topological polar surface area (TPSA) is 26.0 Å². The van der Waals surface area contributed by atoms with Crippen LogP contribution in [0.1, 0.15) is 30.5 Å². The Bertz CT molecular complexity index is 430. The van der Waals surface area contributed by atoms with E-state index in [4.69, 9.17) is 17.3 Å². The molecule has 1 nitrogen and oxygen atoms in total. The van der Waals surface area contributed by atoms with Crippen molar-refractivity contribution in [1.29, 1.82) is 0 Å². The van der Waals surface area contributed by atoms with Gasteiger partial charge in [-0.1, -0.05) is 23.4 Å². The molecule has 0 fully saturated rings. The van der Waals surface area contributed by atoms with Gasteiger partial charge >= 0.3 is 0 Å². The molecule has 2 N–H and O–H groups in total. The highest BCUT2D eigenvalue weighted by atomic mass is 35.5. The maximum absolute atomic E-state index is 6.09. The molecule has 1 aromatic carbocycles. The maximum Gasteiger partial charge on any atom is 0.0722 e. The average molecular weight is 222 g/mol. The van der Waals surface area contributed by atoms with E-state index in [1.807, 2.05) is 39.8 Å². The second kappa shape index (κ2) is 4.26. The summed E-state index contributed by atoms with van der Waals surface area (Å²) in [7, 11) is 0. The molecule has 0 aliphatic carbocycles. The fraction of sp³-hybridized carbons (Fsp3) is 0.385. The minimum absolute atomic E-state index is 0.484. The SMILES string of the molecule is Cc1cc(Cl)c(C#CC(C)(C)N)cc1C. The van der Waals surface area contributed by atoms with Gasteiger partial charge in [0.05, 0.1) is 10.6 Å². The Hall–Kier alpha value is -0.970. The molecule has 0 amide bonds. The van der Waals surface area contributed by atoms with Crippen LogP contribution >= 0.6 is 11.6 Å². The van der Waals surface area contributed by atoms with Gasteiger partial charge in [-0.05, 0) is 51.0 Å². The van der Waals surface area contributed by atoms with Gasteiger partial charge in [0.1, 0.15) is 0 Å². The zero-order valence-corrected chi connectivity index (χ0v) is 10.4. The third kappa shape index (κ3) is 3.58. The summed E-state index contributed by atoms with van der Waals surface area (Å²) in [5.74, 6) is 5.98. The van der Waals surface area contributed by atoms with Crippen molar-refractivity contribution < 1.29 is 0 Å². The van der Waals surface area contributed by atoms with Crippen molar-refractivity contribution in [2.45, 2.75) is 33.2 Å². The summed E-state index contributed by atoms with van der Waals surface area (Å²) in [6.45, 7) is 7.82. The molecule has 0 unspecified atom stereocenters. The van der Waals surface area contributed by atoms with E-state index in [2.05, 4.69) is 11.8 Å². The lowest BCUT2D eigenvalue weighted by molar-refractivity contribution is 0.680. The molecule has 0 saturated heterocycles. The first-order chi connectivity index (χ1) is 6.79. The van der Waals surface area contributed by atoms with Crippen molar-refractivity contribution in [3.63, 3.8) is 0 Å². The molecule has 0 heterocycles. The van der Waals surface area contributed by atoms with Gasteiger partial charge in [0, 0.05) is 5.56 Å². The Balaban J connectivity index is 3.15. The van der Waals surface area contributed by atoms with E-state index in [1.165, 1.54) is 11.1 Å². The van der Waals surface area contributed by atoms with Crippen molar-refractivity contribution in [2.75, 3.05) is 0 Å². The predicted octanol–water partition coefficient (Wildman–Crippen LogP) is 3.05. The smallest absolute Gasteiger partial charge is 0.0722 e. The lowest BCUT2D eigenvalue weighted by Gasteiger charge is -2.08. The molecule has 1 rings (SSSR count). The third-order valence-electron chi connectivity index (χ3n) is 2.10. The molecule has 0 atom stereocenters. The van der Waals surface area contributed by atoms with Crippen LogP contribution in [0.25, 0.3) is 0 Å². The van der Waals surface area contributed by atoms with Crippen LogP contribution in [0.3, 0.4) is 0 Å². The normalized spacial score (nSPS) is 10.8. The predicted molar refractivity (Wildman–Crippen MR) is 66.1 cm³/mol. The molecular weight excluding hydrogens is 206 g/mol. The molecule has 0 bridgehead atoms. The molecule has 0 spiro atoms. The summed E-state index contributed by atoms with van der Waals surface area (Å²) in [6, 6.07) is 3.93. The summed E-state index contributed by atoms with van der Waals surface area (Å²) >= 11 is 6.09. The van der Waals surface area contributed by atoms with Crippen LogP contribution in [-0.2, 0) is 0 Å². The van der Waals surface area contributed by atoms with Crippen LogP contribution in [0.15, 0.2) is 12.1 Å². The van der Waals surface area contributed by atoms with E-state index in [0.717, 1.165) is 5.56 Å². The Morgan fingerprint density at radius 2 is 1.73 bits per heavy atom. The van der Waals surface area contributed by atoms with Gasteiger partial charge in [0.2, 0.25) is 0 Å². The van der Waals surface area contributed by atoms with Gasteiger partial charge in [-0.2, -0.15) is 0 Å². The van der Waals surface area contributed by atoms with E-state index in [-0.39, 0.29) is 0 Å². The van der Waals surface area contributed by atoms with Crippen LogP contribution in [0.4, 0.5) is 0 Å².